The number of carbonyl (C=O) groups is 2. The van der Waals surface area contributed by atoms with Gasteiger partial charge in [0.1, 0.15) is 0 Å². The lowest BCUT2D eigenvalue weighted by Gasteiger charge is -2.43. The minimum Gasteiger partial charge on any atom is -0.468 e. The number of hydrogen-bond donors (Lipinski definition) is 0. The second-order valence-electron chi connectivity index (χ2n) is 8.71. The lowest BCUT2D eigenvalue weighted by molar-refractivity contribution is -0.141. The van der Waals surface area contributed by atoms with E-state index >= 15 is 0 Å². The van der Waals surface area contributed by atoms with Crippen LogP contribution in [0.5, 0.6) is 0 Å². The van der Waals surface area contributed by atoms with E-state index < -0.39 is 0 Å². The highest BCUT2D eigenvalue weighted by Gasteiger charge is 2.37. The van der Waals surface area contributed by atoms with E-state index in [1.807, 2.05) is 34.6 Å². The molecule has 0 aromatic carbocycles. The molecular formula is C23H28N4O4. The summed E-state index contributed by atoms with van der Waals surface area (Å²) >= 11 is 0. The van der Waals surface area contributed by atoms with Gasteiger partial charge in [-0.05, 0) is 44.0 Å². The van der Waals surface area contributed by atoms with Crippen molar-refractivity contribution < 1.29 is 14.3 Å². The van der Waals surface area contributed by atoms with Gasteiger partial charge >= 0.3 is 5.97 Å². The summed E-state index contributed by atoms with van der Waals surface area (Å²) in [5, 5.41) is 0. The number of amides is 1. The van der Waals surface area contributed by atoms with Crippen molar-refractivity contribution in [1.82, 2.24) is 19.4 Å². The van der Waals surface area contributed by atoms with Crippen molar-refractivity contribution in [1.29, 1.82) is 0 Å². The molecule has 2 atom stereocenters. The smallest absolute Gasteiger partial charge is 0.319 e. The van der Waals surface area contributed by atoms with E-state index in [9.17, 15) is 14.4 Å². The number of esters is 1. The highest BCUT2D eigenvalue weighted by Crippen LogP contribution is 2.35. The number of likely N-dealkylation sites (tertiary alicyclic amines) is 1. The van der Waals surface area contributed by atoms with E-state index in [2.05, 4.69) is 4.98 Å². The Hall–Kier alpha value is -3.00. The van der Waals surface area contributed by atoms with Crippen molar-refractivity contribution in [3.05, 3.63) is 63.3 Å². The Balaban J connectivity index is 1.53. The quantitative estimate of drug-likeness (QED) is 0.675. The maximum Gasteiger partial charge on any atom is 0.319 e. The number of aryl methyl sites for hydroxylation is 1. The van der Waals surface area contributed by atoms with Crippen molar-refractivity contribution in [2.45, 2.75) is 32.4 Å². The highest BCUT2D eigenvalue weighted by atomic mass is 16.5. The lowest BCUT2D eigenvalue weighted by atomic mass is 9.82. The molecule has 0 N–H and O–H groups in total. The maximum absolute atomic E-state index is 13.1. The third-order valence-electron chi connectivity index (χ3n) is 6.16. The van der Waals surface area contributed by atoms with Crippen LogP contribution in [0.25, 0.3) is 0 Å². The molecule has 1 fully saturated rings. The average molecular weight is 425 g/mol. The number of carbonyl (C=O) groups excluding carboxylic acids is 2. The van der Waals surface area contributed by atoms with Crippen LogP contribution in [0.4, 0.5) is 0 Å². The lowest BCUT2D eigenvalue weighted by Crippen LogP contribution is -2.49. The molecule has 2 bridgehead atoms. The molecule has 31 heavy (non-hydrogen) atoms. The van der Waals surface area contributed by atoms with Gasteiger partial charge < -0.3 is 14.2 Å². The number of likely N-dealkylation sites (N-methyl/N-ethyl adjacent to an activating group) is 1. The minimum absolute atomic E-state index is 0.00255. The van der Waals surface area contributed by atoms with Gasteiger partial charge in [0.2, 0.25) is 0 Å². The predicted octanol–water partition coefficient (Wildman–Crippen LogP) is 1.42. The largest absolute Gasteiger partial charge is 0.468 e. The summed E-state index contributed by atoms with van der Waals surface area (Å²) < 4.78 is 6.57. The Morgan fingerprint density at radius 2 is 2.03 bits per heavy atom. The van der Waals surface area contributed by atoms with E-state index in [0.717, 1.165) is 17.7 Å². The molecule has 8 heteroatoms. The summed E-state index contributed by atoms with van der Waals surface area (Å²) in [6.45, 7) is 4.29. The Morgan fingerprint density at radius 3 is 2.77 bits per heavy atom. The van der Waals surface area contributed by atoms with Crippen LogP contribution >= 0.6 is 0 Å². The van der Waals surface area contributed by atoms with Gasteiger partial charge in [0.15, 0.2) is 0 Å². The third-order valence-corrected chi connectivity index (χ3v) is 6.16. The van der Waals surface area contributed by atoms with Gasteiger partial charge in [0, 0.05) is 55.7 Å². The zero-order valence-electron chi connectivity index (χ0n) is 18.2. The second kappa shape index (κ2) is 8.63. The fraction of sp³-hybridized carbons (Fsp3) is 0.478. The first-order chi connectivity index (χ1) is 14.9. The number of pyridine rings is 2. The maximum atomic E-state index is 13.1. The predicted molar refractivity (Wildman–Crippen MR) is 115 cm³/mol. The number of fused-ring (bicyclic) bond motifs is 4. The van der Waals surface area contributed by atoms with Crippen LogP contribution in [0.2, 0.25) is 0 Å². The fourth-order valence-corrected chi connectivity index (χ4v) is 4.76. The highest BCUT2D eigenvalue weighted by molar-refractivity contribution is 5.94. The molecule has 164 valence electrons. The Labute approximate surface area is 181 Å². The Bertz CT molecular complexity index is 1060. The number of rotatable bonds is 5. The van der Waals surface area contributed by atoms with Crippen LogP contribution in [-0.2, 0) is 22.6 Å². The van der Waals surface area contributed by atoms with Gasteiger partial charge in [-0.1, -0.05) is 6.07 Å². The first kappa shape index (κ1) is 21.2. The summed E-state index contributed by atoms with van der Waals surface area (Å²) in [5.41, 5.74) is 3.21. The molecule has 0 saturated carbocycles. The summed E-state index contributed by atoms with van der Waals surface area (Å²) in [6, 6.07) is 5.73. The third kappa shape index (κ3) is 4.39. The van der Waals surface area contributed by atoms with E-state index in [-0.39, 0.29) is 35.8 Å². The zero-order chi connectivity index (χ0) is 22.1. The molecule has 0 radical (unpaired) electrons. The molecule has 2 aliphatic rings. The van der Waals surface area contributed by atoms with Crippen molar-refractivity contribution in [2.75, 3.05) is 33.8 Å². The molecule has 2 aromatic rings. The molecule has 0 unspecified atom stereocenters. The SMILES string of the molecule is COC(=O)CN(C)Cc1ccc2n(c1=O)C[C@H]1C[C@@H]2CN(C(=O)c2cncc(C)c2)C1. The molecule has 4 heterocycles. The standard InChI is InChI=1S/C23H28N4O4/c1-15-6-18(9-24-8-15)22(29)26-10-16-7-19(13-26)20-5-4-17(23(30)27(20)11-16)12-25(2)14-21(28)31-3/h4-6,8-9,16,19H,7,10-14H2,1-3H3/t16-,19+/m0/s1. The van der Waals surface area contributed by atoms with Crippen molar-refractivity contribution >= 4 is 11.9 Å². The van der Waals surface area contributed by atoms with Gasteiger partial charge in [0.05, 0.1) is 19.2 Å². The van der Waals surface area contributed by atoms with E-state index in [0.29, 0.717) is 37.3 Å². The number of hydrogen-bond acceptors (Lipinski definition) is 6. The molecule has 2 aromatic heterocycles. The Kier molecular flexibility index (Phi) is 5.91. The van der Waals surface area contributed by atoms with Gasteiger partial charge in [-0.25, -0.2) is 0 Å². The van der Waals surface area contributed by atoms with Gasteiger partial charge in [-0.3, -0.25) is 24.3 Å². The summed E-state index contributed by atoms with van der Waals surface area (Å²) in [6.07, 6.45) is 4.34. The molecule has 2 aliphatic heterocycles. The minimum atomic E-state index is -0.330. The molecule has 4 rings (SSSR count). The van der Waals surface area contributed by atoms with Gasteiger partial charge in [-0.15, -0.1) is 0 Å². The van der Waals surface area contributed by atoms with E-state index in [4.69, 9.17) is 4.74 Å². The Morgan fingerprint density at radius 1 is 1.23 bits per heavy atom. The zero-order valence-corrected chi connectivity index (χ0v) is 18.2. The molecule has 0 spiro atoms. The number of nitrogens with zero attached hydrogens (tertiary/aromatic N) is 4. The van der Waals surface area contributed by atoms with Crippen LogP contribution in [0.15, 0.2) is 35.4 Å². The van der Waals surface area contributed by atoms with Crippen molar-refractivity contribution in [2.24, 2.45) is 5.92 Å². The summed E-state index contributed by atoms with van der Waals surface area (Å²) in [7, 11) is 3.14. The summed E-state index contributed by atoms with van der Waals surface area (Å²) in [5.74, 6) is 0.0592. The van der Waals surface area contributed by atoms with E-state index in [1.54, 1.807) is 24.3 Å². The van der Waals surface area contributed by atoms with Crippen LogP contribution in [0, 0.1) is 12.8 Å². The van der Waals surface area contributed by atoms with Crippen molar-refractivity contribution in [3.8, 4) is 0 Å². The van der Waals surface area contributed by atoms with Gasteiger partial charge in [-0.2, -0.15) is 0 Å². The normalized spacial score (nSPS) is 19.8. The van der Waals surface area contributed by atoms with Crippen LogP contribution in [0.1, 0.15) is 39.5 Å². The first-order valence-electron chi connectivity index (χ1n) is 10.5. The molecule has 1 saturated heterocycles. The molecular weight excluding hydrogens is 396 g/mol. The molecule has 8 nitrogen and oxygen atoms in total. The van der Waals surface area contributed by atoms with Gasteiger partial charge in [0.25, 0.3) is 11.5 Å². The summed E-state index contributed by atoms with van der Waals surface area (Å²) in [4.78, 5) is 45.5. The monoisotopic (exact) mass is 424 g/mol. The number of ether oxygens (including phenoxy) is 1. The molecule has 0 aliphatic carbocycles. The number of methoxy groups -OCH3 is 1. The average Bonchev–Trinajstić information content (AvgIpc) is 2.75. The number of aromatic nitrogens is 2. The second-order valence-corrected chi connectivity index (χ2v) is 8.71. The van der Waals surface area contributed by atoms with E-state index in [1.165, 1.54) is 7.11 Å². The van der Waals surface area contributed by atoms with Crippen molar-refractivity contribution in [3.63, 3.8) is 0 Å². The fourth-order valence-electron chi connectivity index (χ4n) is 4.76. The van der Waals surface area contributed by atoms with Crippen LogP contribution < -0.4 is 5.56 Å². The van der Waals surface area contributed by atoms with Crippen LogP contribution in [-0.4, -0.2) is 65.0 Å². The topological polar surface area (TPSA) is 84.7 Å². The number of piperidine rings is 1. The first-order valence-corrected chi connectivity index (χ1v) is 10.5. The van der Waals surface area contributed by atoms with Crippen LogP contribution in [0.3, 0.4) is 0 Å². The molecule has 1 amide bonds.